The molecule has 1 aromatic carbocycles. The van der Waals surface area contributed by atoms with Gasteiger partial charge in [0.25, 0.3) is 0 Å². The van der Waals surface area contributed by atoms with Crippen molar-refractivity contribution in [2.45, 2.75) is 204 Å². The number of anilines is 1. The largest absolute Gasteiger partial charge is 0.462 e. The van der Waals surface area contributed by atoms with Crippen LogP contribution < -0.4 is 16.1 Å². The first-order valence-electron chi connectivity index (χ1n) is 28.5. The predicted molar refractivity (Wildman–Crippen MR) is 289 cm³/mol. The zero-order valence-electron chi connectivity index (χ0n) is 45.0. The van der Waals surface area contributed by atoms with Crippen molar-refractivity contribution in [1.82, 2.24) is 9.47 Å². The molecule has 4 heterocycles. The summed E-state index contributed by atoms with van der Waals surface area (Å²) in [6, 6.07) is 1.53. The van der Waals surface area contributed by atoms with Gasteiger partial charge in [-0.1, -0.05) is 77.5 Å². The number of fused-ring (bicyclic) bond motifs is 3. The van der Waals surface area contributed by atoms with Gasteiger partial charge in [0.1, 0.15) is 35.5 Å². The zero-order valence-corrected chi connectivity index (χ0v) is 46.6. The Morgan fingerprint density at radius 2 is 1.63 bits per heavy atom. The maximum Gasteiger partial charge on any atom is 0.343 e. The number of carbonyl (C=O) groups is 4. The smallest absolute Gasteiger partial charge is 0.343 e. The van der Waals surface area contributed by atoms with Crippen LogP contribution in [-0.2, 0) is 28.6 Å². The van der Waals surface area contributed by atoms with Gasteiger partial charge in [-0.25, -0.2) is 13.6 Å². The SMILES string of the molecule is C=C[C@@]1(C)C[C@H](OC(=O)CSC2CC3CCC(C2)N3C)[C@@]2(C)C(C)CCC3(CCC(=O)C32)[C@H](C)[C@H]1OC(=O)CCCCCCCCCOC(=O)c1cn(C2C[C@@H]2F)c2c(Cl)c(N3C[C@@H](N)C4(CC4)C3)c(F)cc2c1=O. The number of piperidine rings is 1. The second-order valence-corrected chi connectivity index (χ2v) is 26.9. The highest BCUT2D eigenvalue weighted by Crippen LogP contribution is 2.68. The van der Waals surface area contributed by atoms with Gasteiger partial charge in [-0.3, -0.25) is 19.2 Å². The number of thioether (sulfide) groups is 1. The number of nitrogens with zero attached hydrogens (tertiary/aromatic N) is 3. The summed E-state index contributed by atoms with van der Waals surface area (Å²) < 4.78 is 50.8. The van der Waals surface area contributed by atoms with E-state index in [2.05, 4.69) is 46.2 Å². The third-order valence-corrected chi connectivity index (χ3v) is 22.5. The first kappa shape index (κ1) is 54.8. The molecular weight excluding hydrogens is 998 g/mol. The fraction of sp³-hybridized carbons (Fsp3) is 0.746. The summed E-state index contributed by atoms with van der Waals surface area (Å²) in [6.07, 6.45) is 17.0. The molecule has 10 rings (SSSR count). The van der Waals surface area contributed by atoms with Crippen LogP contribution in [0.2, 0.25) is 5.02 Å². The molecule has 8 aliphatic rings. The molecule has 2 aromatic rings. The number of hydrogen-bond acceptors (Lipinski definition) is 12. The van der Waals surface area contributed by atoms with Crippen LogP contribution in [0.15, 0.2) is 29.7 Å². The molecule has 3 saturated heterocycles. The number of unbranched alkanes of at least 4 members (excludes halogenated alkanes) is 6. The van der Waals surface area contributed by atoms with Gasteiger partial charge >= 0.3 is 17.9 Å². The number of ketones is 1. The fourth-order valence-corrected chi connectivity index (χ4v) is 17.3. The maximum absolute atomic E-state index is 15.8. The molecule has 8 fully saturated rings. The molecule has 5 saturated carbocycles. The van der Waals surface area contributed by atoms with E-state index in [1.807, 2.05) is 11.0 Å². The van der Waals surface area contributed by atoms with Crippen molar-refractivity contribution < 1.29 is 42.2 Å². The number of hydrogen-bond donors (Lipinski definition) is 1. The summed E-state index contributed by atoms with van der Waals surface area (Å²) >= 11 is 8.62. The number of esters is 3. The lowest BCUT2D eigenvalue weighted by Crippen LogP contribution is -2.63. The molecule has 4 bridgehead atoms. The highest BCUT2D eigenvalue weighted by atomic mass is 35.5. The highest BCUT2D eigenvalue weighted by molar-refractivity contribution is 8.00. The minimum atomic E-state index is -1.19. The van der Waals surface area contributed by atoms with Gasteiger partial charge in [-0.15, -0.1) is 18.3 Å². The average molecular weight is 1080 g/mol. The molecule has 16 heteroatoms. The Morgan fingerprint density at radius 1 is 0.947 bits per heavy atom. The molecule has 1 aromatic heterocycles. The molecule has 3 aliphatic heterocycles. The number of alkyl halides is 1. The van der Waals surface area contributed by atoms with Crippen molar-refractivity contribution in [2.75, 3.05) is 37.4 Å². The monoisotopic (exact) mass is 1080 g/mol. The normalized spacial score (nSPS) is 36.5. The van der Waals surface area contributed by atoms with Crippen molar-refractivity contribution in [1.29, 1.82) is 0 Å². The molecular formula is C59H81ClF2N4O8S. The molecule has 5 aliphatic carbocycles. The number of rotatable bonds is 19. The number of nitrogens with two attached hydrogens (primary N) is 1. The Bertz CT molecular complexity index is 2620. The van der Waals surface area contributed by atoms with E-state index < -0.39 is 52.5 Å². The van der Waals surface area contributed by atoms with E-state index in [4.69, 9.17) is 31.5 Å². The van der Waals surface area contributed by atoms with E-state index in [1.165, 1.54) is 23.6 Å². The Labute approximate surface area is 451 Å². The number of carbonyl (C=O) groups excluding carboxylic acids is 4. The van der Waals surface area contributed by atoms with Gasteiger partial charge in [-0.05, 0) is 101 Å². The first-order valence-corrected chi connectivity index (χ1v) is 29.9. The van der Waals surface area contributed by atoms with Gasteiger partial charge in [0.2, 0.25) is 5.43 Å². The van der Waals surface area contributed by atoms with E-state index in [0.717, 1.165) is 83.1 Å². The molecule has 1 spiro atoms. The molecule has 75 heavy (non-hydrogen) atoms. The van der Waals surface area contributed by atoms with E-state index >= 15 is 4.39 Å². The lowest BCUT2D eigenvalue weighted by atomic mass is 9.44. The van der Waals surface area contributed by atoms with Crippen LogP contribution in [-0.4, -0.2) is 107 Å². The molecule has 412 valence electrons. The molecule has 2 N–H and O–H groups in total. The van der Waals surface area contributed by atoms with Crippen LogP contribution in [0.3, 0.4) is 0 Å². The quantitative estimate of drug-likeness (QED) is 0.0617. The number of ether oxygens (including phenoxy) is 3. The molecule has 6 unspecified atom stereocenters. The summed E-state index contributed by atoms with van der Waals surface area (Å²) in [7, 11) is 2.23. The van der Waals surface area contributed by atoms with Crippen LogP contribution in [0, 0.1) is 45.2 Å². The van der Waals surface area contributed by atoms with Gasteiger partial charge in [0.05, 0.1) is 40.0 Å². The first-order chi connectivity index (χ1) is 35.7. The topological polar surface area (TPSA) is 150 Å². The van der Waals surface area contributed by atoms with Crippen LogP contribution in [0.25, 0.3) is 10.9 Å². The second-order valence-electron chi connectivity index (χ2n) is 25.2. The Balaban J connectivity index is 0.702. The maximum atomic E-state index is 15.8. The number of halogens is 3. The van der Waals surface area contributed by atoms with Gasteiger partial charge in [0.15, 0.2) is 0 Å². The van der Waals surface area contributed by atoms with Crippen molar-refractivity contribution >= 4 is 63.6 Å². The van der Waals surface area contributed by atoms with Crippen molar-refractivity contribution in [3.63, 3.8) is 0 Å². The van der Waals surface area contributed by atoms with Gasteiger partial charge in [0, 0.05) is 90.0 Å². The summed E-state index contributed by atoms with van der Waals surface area (Å²) in [5.74, 6) is -1.72. The van der Waals surface area contributed by atoms with E-state index in [-0.39, 0.29) is 105 Å². The minimum absolute atomic E-state index is 0.0167. The number of benzene rings is 1. The lowest BCUT2D eigenvalue weighted by Gasteiger charge is -2.62. The van der Waals surface area contributed by atoms with Crippen LogP contribution in [0.1, 0.15) is 173 Å². The summed E-state index contributed by atoms with van der Waals surface area (Å²) in [6.45, 7) is 14.1. The van der Waals surface area contributed by atoms with E-state index in [0.29, 0.717) is 56.1 Å². The predicted octanol–water partition coefficient (Wildman–Crippen LogP) is 11.1. The zero-order chi connectivity index (χ0) is 53.4. The summed E-state index contributed by atoms with van der Waals surface area (Å²) in [5.41, 5.74) is 4.08. The van der Waals surface area contributed by atoms with Crippen LogP contribution in [0.4, 0.5) is 14.5 Å². The summed E-state index contributed by atoms with van der Waals surface area (Å²) in [4.78, 5) is 73.5. The van der Waals surface area contributed by atoms with Crippen molar-refractivity contribution in [3.05, 3.63) is 51.5 Å². The number of pyridine rings is 1. The van der Waals surface area contributed by atoms with Crippen LogP contribution >= 0.6 is 23.4 Å². The van der Waals surface area contributed by atoms with Crippen molar-refractivity contribution in [3.8, 4) is 0 Å². The van der Waals surface area contributed by atoms with Gasteiger partial charge < -0.3 is 34.3 Å². The highest BCUT2D eigenvalue weighted by Gasteiger charge is 2.69. The molecule has 0 amide bonds. The average Bonchev–Trinajstić information content (AvgIpc) is 4.30. The third kappa shape index (κ3) is 10.0. The van der Waals surface area contributed by atoms with Crippen molar-refractivity contribution in [2.24, 2.45) is 45.1 Å². The van der Waals surface area contributed by atoms with E-state index in [9.17, 15) is 28.4 Å². The van der Waals surface area contributed by atoms with E-state index in [1.54, 1.807) is 11.8 Å². The lowest BCUT2D eigenvalue weighted by molar-refractivity contribution is -0.212. The number of Topliss-reactive ketones (excluding diaryl/α,β-unsaturated/α-hetero) is 1. The molecule has 13 atom stereocenters. The van der Waals surface area contributed by atoms with Gasteiger partial charge in [-0.2, -0.15) is 0 Å². The molecule has 12 nitrogen and oxygen atoms in total. The second kappa shape index (κ2) is 21.3. The standard InChI is InChI=1S/C59H81ClF2N4O8S/c1-7-56(4)29-46(73-48(69)32-75-38-25-36-16-17-37(26-38)64(36)6)57(5)34(2)18-20-59(21-19-44(67)53(57)59)35(3)54(56)74-47(68)15-13-11-9-8-10-12-14-24-72-55(71)40-30-66(43-28-41(43)61)50-39(52(40)70)27-42(62)51(49(50)60)65-31-45(63)58(33-65)22-23-58/h7,27,30,34-38,41,43,45-46,53-54H,1,8-26,28-29,31-33,63H2,2-6H3/t34?,35-,36?,37?,38?,41+,43?,45-,46+,53?,54-,56+,57-,59?/m1/s1. The third-order valence-electron chi connectivity index (χ3n) is 20.9. The van der Waals surface area contributed by atoms with Crippen LogP contribution in [0.5, 0.6) is 0 Å². The Morgan fingerprint density at radius 3 is 2.28 bits per heavy atom. The molecule has 0 radical (unpaired) electrons. The summed E-state index contributed by atoms with van der Waals surface area (Å²) in [5, 5.41) is 0.360. The Hall–Kier alpha value is -3.53. The Kier molecular flexibility index (Phi) is 15.5. The number of aromatic nitrogens is 1. The minimum Gasteiger partial charge on any atom is -0.462 e. The fourth-order valence-electron chi connectivity index (χ4n) is 15.7.